The van der Waals surface area contributed by atoms with Crippen molar-refractivity contribution >= 4 is 44.8 Å². The lowest BCUT2D eigenvalue weighted by Crippen LogP contribution is -2.19. The highest BCUT2D eigenvalue weighted by Gasteiger charge is 2.21. The topological polar surface area (TPSA) is 89.3 Å². The average Bonchev–Trinajstić information content (AvgIpc) is 2.42. The quantitative estimate of drug-likeness (QED) is 0.879. The van der Waals surface area contributed by atoms with Crippen LogP contribution < -0.4 is 10.5 Å². The van der Waals surface area contributed by atoms with Gasteiger partial charge in [-0.05, 0) is 36.8 Å². The number of para-hydroxylation sites is 1. The number of sulfonamides is 1. The summed E-state index contributed by atoms with van der Waals surface area (Å²) >= 11 is 11.7. The zero-order chi connectivity index (χ0) is 16.5. The molecule has 0 heterocycles. The second kappa shape index (κ2) is 6.16. The minimum Gasteiger partial charge on any atom is -0.366 e. The highest BCUT2D eigenvalue weighted by Crippen LogP contribution is 2.29. The third kappa shape index (κ3) is 3.35. The molecule has 0 aliphatic carbocycles. The molecule has 116 valence electrons. The van der Waals surface area contributed by atoms with Gasteiger partial charge in [0.25, 0.3) is 15.9 Å². The van der Waals surface area contributed by atoms with E-state index in [1.165, 1.54) is 24.3 Å². The molecule has 0 saturated carbocycles. The van der Waals surface area contributed by atoms with E-state index in [-0.39, 0.29) is 26.2 Å². The number of nitrogens with two attached hydrogens (primary N) is 1. The van der Waals surface area contributed by atoms with E-state index in [1.54, 1.807) is 19.1 Å². The Morgan fingerprint density at radius 2 is 1.73 bits per heavy atom. The number of carbonyl (C=O) groups is 1. The first-order valence-electron chi connectivity index (χ1n) is 6.09. The molecule has 3 N–H and O–H groups in total. The maximum absolute atomic E-state index is 12.5. The minimum atomic E-state index is -3.94. The second-order valence-electron chi connectivity index (χ2n) is 4.55. The molecule has 0 aliphatic heterocycles. The zero-order valence-corrected chi connectivity index (χ0v) is 13.8. The number of hydrogen-bond acceptors (Lipinski definition) is 3. The van der Waals surface area contributed by atoms with Crippen molar-refractivity contribution in [3.05, 3.63) is 57.6 Å². The van der Waals surface area contributed by atoms with Crippen molar-refractivity contribution in [1.82, 2.24) is 0 Å². The van der Waals surface area contributed by atoms with Crippen LogP contribution in [0.1, 0.15) is 15.9 Å². The molecule has 0 aromatic heterocycles. The molecule has 2 aromatic carbocycles. The van der Waals surface area contributed by atoms with E-state index in [9.17, 15) is 13.2 Å². The molecule has 1 amide bonds. The lowest BCUT2D eigenvalue weighted by atomic mass is 10.2. The molecule has 0 unspecified atom stereocenters. The van der Waals surface area contributed by atoms with Crippen LogP contribution in [-0.2, 0) is 10.0 Å². The molecular weight excluding hydrogens is 347 g/mol. The lowest BCUT2D eigenvalue weighted by molar-refractivity contribution is 0.100. The smallest absolute Gasteiger partial charge is 0.262 e. The van der Waals surface area contributed by atoms with Gasteiger partial charge in [-0.1, -0.05) is 35.3 Å². The van der Waals surface area contributed by atoms with Crippen molar-refractivity contribution in [2.45, 2.75) is 11.8 Å². The number of nitrogens with one attached hydrogen (secondary N) is 1. The first-order chi connectivity index (χ1) is 10.2. The molecule has 0 aliphatic rings. The fraction of sp³-hybridized carbons (Fsp3) is 0.0714. The monoisotopic (exact) mass is 358 g/mol. The van der Waals surface area contributed by atoms with Crippen molar-refractivity contribution in [2.75, 3.05) is 4.72 Å². The molecule has 0 fully saturated rings. The molecule has 22 heavy (non-hydrogen) atoms. The molecule has 5 nitrogen and oxygen atoms in total. The summed E-state index contributed by atoms with van der Waals surface area (Å²) in [5, 5.41) is 0.381. The van der Waals surface area contributed by atoms with Crippen LogP contribution in [0.25, 0.3) is 0 Å². The van der Waals surface area contributed by atoms with Crippen LogP contribution in [-0.4, -0.2) is 14.3 Å². The normalized spacial score (nSPS) is 11.2. The molecule has 0 atom stereocenters. The number of benzene rings is 2. The fourth-order valence-corrected chi connectivity index (χ4v) is 3.68. The highest BCUT2D eigenvalue weighted by molar-refractivity contribution is 7.92. The van der Waals surface area contributed by atoms with Crippen molar-refractivity contribution in [3.8, 4) is 0 Å². The van der Waals surface area contributed by atoms with Crippen LogP contribution in [0.15, 0.2) is 41.3 Å². The summed E-state index contributed by atoms with van der Waals surface area (Å²) in [6.07, 6.45) is 0. The number of rotatable bonds is 4. The standard InChI is InChI=1S/C14H12Cl2N2O3S/c1-8-6-10(15)11(16)7-13(8)22(20,21)18-12-5-3-2-4-9(12)14(17)19/h2-7,18H,1H3,(H2,17,19). The molecular formula is C14H12Cl2N2O3S. The summed E-state index contributed by atoms with van der Waals surface area (Å²) in [6.45, 7) is 1.59. The third-order valence-electron chi connectivity index (χ3n) is 2.94. The van der Waals surface area contributed by atoms with Gasteiger partial charge in [0, 0.05) is 0 Å². The van der Waals surface area contributed by atoms with Crippen molar-refractivity contribution in [2.24, 2.45) is 5.73 Å². The van der Waals surface area contributed by atoms with Gasteiger partial charge in [0.15, 0.2) is 0 Å². The maximum atomic E-state index is 12.5. The molecule has 2 rings (SSSR count). The molecule has 2 aromatic rings. The number of amides is 1. The third-order valence-corrected chi connectivity index (χ3v) is 5.17. The van der Waals surface area contributed by atoms with Gasteiger partial charge in [-0.25, -0.2) is 8.42 Å². The van der Waals surface area contributed by atoms with Gasteiger partial charge in [-0.15, -0.1) is 0 Å². The first kappa shape index (κ1) is 16.6. The van der Waals surface area contributed by atoms with Gasteiger partial charge >= 0.3 is 0 Å². The lowest BCUT2D eigenvalue weighted by Gasteiger charge is -2.13. The highest BCUT2D eigenvalue weighted by atomic mass is 35.5. The summed E-state index contributed by atoms with van der Waals surface area (Å²) in [4.78, 5) is 11.3. The van der Waals surface area contributed by atoms with Gasteiger partial charge in [0.2, 0.25) is 0 Å². The van der Waals surface area contributed by atoms with E-state index in [0.29, 0.717) is 5.56 Å². The Bertz CT molecular complexity index is 851. The van der Waals surface area contributed by atoms with Gasteiger partial charge in [-0.3, -0.25) is 9.52 Å². The number of hydrogen-bond donors (Lipinski definition) is 2. The summed E-state index contributed by atoms with van der Waals surface area (Å²) < 4.78 is 27.3. The van der Waals surface area contributed by atoms with Gasteiger partial charge < -0.3 is 5.73 Å². The SMILES string of the molecule is Cc1cc(Cl)c(Cl)cc1S(=O)(=O)Nc1ccccc1C(N)=O. The van der Waals surface area contributed by atoms with Crippen LogP contribution in [0, 0.1) is 6.92 Å². The molecule has 0 saturated heterocycles. The largest absolute Gasteiger partial charge is 0.366 e. The van der Waals surface area contributed by atoms with E-state index >= 15 is 0 Å². The van der Waals surface area contributed by atoms with E-state index in [0.717, 1.165) is 0 Å². The van der Waals surface area contributed by atoms with Crippen LogP contribution in [0.2, 0.25) is 10.0 Å². The molecule has 8 heteroatoms. The number of primary amides is 1. The summed E-state index contributed by atoms with van der Waals surface area (Å²) in [6, 6.07) is 8.77. The number of carbonyl (C=O) groups excluding carboxylic acids is 1. The molecule has 0 radical (unpaired) electrons. The van der Waals surface area contributed by atoms with Crippen LogP contribution in [0.3, 0.4) is 0 Å². The van der Waals surface area contributed by atoms with Crippen LogP contribution >= 0.6 is 23.2 Å². The van der Waals surface area contributed by atoms with Crippen molar-refractivity contribution in [3.63, 3.8) is 0 Å². The molecule has 0 spiro atoms. The Morgan fingerprint density at radius 3 is 2.36 bits per heavy atom. The fourth-order valence-electron chi connectivity index (χ4n) is 1.90. The Balaban J connectivity index is 2.50. The van der Waals surface area contributed by atoms with Crippen LogP contribution in [0.4, 0.5) is 5.69 Å². The van der Waals surface area contributed by atoms with Gasteiger partial charge in [-0.2, -0.15) is 0 Å². The maximum Gasteiger partial charge on any atom is 0.262 e. The van der Waals surface area contributed by atoms with E-state index in [4.69, 9.17) is 28.9 Å². The predicted molar refractivity (Wildman–Crippen MR) is 87.0 cm³/mol. The summed E-state index contributed by atoms with van der Waals surface area (Å²) in [5.41, 5.74) is 5.83. The van der Waals surface area contributed by atoms with E-state index < -0.39 is 15.9 Å². The Kier molecular flexibility index (Phi) is 4.65. The van der Waals surface area contributed by atoms with Crippen LogP contribution in [0.5, 0.6) is 0 Å². The number of anilines is 1. The minimum absolute atomic E-state index is 0.0267. The Labute approximate surface area is 138 Å². The zero-order valence-electron chi connectivity index (χ0n) is 11.4. The summed E-state index contributed by atoms with van der Waals surface area (Å²) in [7, 11) is -3.94. The van der Waals surface area contributed by atoms with Gasteiger partial charge in [0.1, 0.15) is 0 Å². The summed E-state index contributed by atoms with van der Waals surface area (Å²) in [5.74, 6) is -0.732. The van der Waals surface area contributed by atoms with E-state index in [2.05, 4.69) is 4.72 Å². The Morgan fingerprint density at radius 1 is 1.14 bits per heavy atom. The number of halogens is 2. The predicted octanol–water partition coefficient (Wildman–Crippen LogP) is 3.20. The second-order valence-corrected chi connectivity index (χ2v) is 7.01. The van der Waals surface area contributed by atoms with E-state index in [1.807, 2.05) is 0 Å². The number of aryl methyl sites for hydroxylation is 1. The molecule has 0 bridgehead atoms. The first-order valence-corrected chi connectivity index (χ1v) is 8.33. The average molecular weight is 359 g/mol. The van der Waals surface area contributed by atoms with Crippen molar-refractivity contribution in [1.29, 1.82) is 0 Å². The van der Waals surface area contributed by atoms with Gasteiger partial charge in [0.05, 0.1) is 26.2 Å². The van der Waals surface area contributed by atoms with Crippen molar-refractivity contribution < 1.29 is 13.2 Å². The Hall–Kier alpha value is -1.76.